The lowest BCUT2D eigenvalue weighted by Crippen LogP contribution is -2.46. The molecule has 1 unspecified atom stereocenters. The molecule has 1 saturated carbocycles. The number of thioether (sulfide) groups is 1. The van der Waals surface area contributed by atoms with Gasteiger partial charge in [0.25, 0.3) is 0 Å². The van der Waals surface area contributed by atoms with Crippen LogP contribution >= 0.6 is 11.8 Å². The molecule has 0 radical (unpaired) electrons. The maximum atomic E-state index is 11.4. The standard InChI is InChI=1S/C14H24N2O2S2/c1-11-2-5-14(6-3-11)10-19-13(16-14)15-8-12-4-7-20(17,18)9-12/h11-12H,2-10H2,1H3,(H,15,16). The Labute approximate surface area is 126 Å². The maximum Gasteiger partial charge on any atom is 0.157 e. The Balaban J connectivity index is 1.53. The van der Waals surface area contributed by atoms with Crippen LogP contribution in [0.15, 0.2) is 4.99 Å². The van der Waals surface area contributed by atoms with Crippen molar-refractivity contribution in [3.8, 4) is 0 Å². The van der Waals surface area contributed by atoms with Crippen LogP contribution in [0.4, 0.5) is 0 Å². The number of rotatable bonds is 2. The fourth-order valence-electron chi connectivity index (χ4n) is 3.40. The van der Waals surface area contributed by atoms with E-state index in [0.717, 1.165) is 23.3 Å². The van der Waals surface area contributed by atoms with Crippen LogP contribution in [0.5, 0.6) is 0 Å². The Morgan fingerprint density at radius 2 is 2.10 bits per heavy atom. The number of amidine groups is 1. The fraction of sp³-hybridized carbons (Fsp3) is 0.929. The minimum Gasteiger partial charge on any atom is -0.359 e. The lowest BCUT2D eigenvalue weighted by Gasteiger charge is -2.35. The van der Waals surface area contributed by atoms with E-state index < -0.39 is 9.84 Å². The molecule has 4 nitrogen and oxygen atoms in total. The molecule has 1 atom stereocenters. The molecular weight excluding hydrogens is 292 g/mol. The van der Waals surface area contributed by atoms with E-state index in [0.29, 0.717) is 18.1 Å². The van der Waals surface area contributed by atoms with Crippen molar-refractivity contribution in [2.24, 2.45) is 16.8 Å². The third-order valence-corrected chi connectivity index (χ3v) is 7.95. The molecule has 2 heterocycles. The summed E-state index contributed by atoms with van der Waals surface area (Å²) >= 11 is 1.82. The molecule has 6 heteroatoms. The van der Waals surface area contributed by atoms with Gasteiger partial charge in [-0.3, -0.25) is 4.99 Å². The zero-order valence-electron chi connectivity index (χ0n) is 12.1. The SMILES string of the molecule is CC1CCC2(CC1)CSC(=NCC1CCS(=O)(=O)C1)N2. The van der Waals surface area contributed by atoms with Crippen molar-refractivity contribution in [3.05, 3.63) is 0 Å². The van der Waals surface area contributed by atoms with Crippen molar-refractivity contribution in [2.45, 2.75) is 44.6 Å². The number of nitrogens with zero attached hydrogens (tertiary/aromatic N) is 1. The molecule has 0 aromatic rings. The molecule has 2 saturated heterocycles. The molecule has 20 heavy (non-hydrogen) atoms. The van der Waals surface area contributed by atoms with Crippen molar-refractivity contribution in [1.29, 1.82) is 0 Å². The van der Waals surface area contributed by atoms with E-state index in [1.165, 1.54) is 25.7 Å². The largest absolute Gasteiger partial charge is 0.359 e. The lowest BCUT2D eigenvalue weighted by atomic mass is 9.78. The highest BCUT2D eigenvalue weighted by Gasteiger charge is 2.39. The molecule has 2 aliphatic heterocycles. The topological polar surface area (TPSA) is 58.5 Å². The van der Waals surface area contributed by atoms with Gasteiger partial charge in [-0.05, 0) is 43.9 Å². The number of nitrogens with one attached hydrogen (secondary N) is 1. The van der Waals surface area contributed by atoms with Crippen LogP contribution < -0.4 is 5.32 Å². The van der Waals surface area contributed by atoms with Gasteiger partial charge >= 0.3 is 0 Å². The van der Waals surface area contributed by atoms with Gasteiger partial charge in [0.2, 0.25) is 0 Å². The first-order valence-electron chi connectivity index (χ1n) is 7.62. The molecule has 0 aromatic heterocycles. The van der Waals surface area contributed by atoms with E-state index in [-0.39, 0.29) is 11.5 Å². The van der Waals surface area contributed by atoms with Gasteiger partial charge in [0, 0.05) is 17.8 Å². The summed E-state index contributed by atoms with van der Waals surface area (Å²) in [5, 5.41) is 4.68. The number of hydrogen-bond acceptors (Lipinski definition) is 4. The first kappa shape index (κ1) is 14.7. The fourth-order valence-corrected chi connectivity index (χ4v) is 6.48. The molecule has 0 amide bonds. The number of sulfone groups is 1. The van der Waals surface area contributed by atoms with Gasteiger partial charge in [-0.15, -0.1) is 0 Å². The van der Waals surface area contributed by atoms with Crippen molar-refractivity contribution in [3.63, 3.8) is 0 Å². The average molecular weight is 316 g/mol. The molecule has 3 aliphatic rings. The molecule has 0 bridgehead atoms. The van der Waals surface area contributed by atoms with Crippen molar-refractivity contribution in [1.82, 2.24) is 5.32 Å². The smallest absolute Gasteiger partial charge is 0.157 e. The Hall–Kier alpha value is -0.230. The Morgan fingerprint density at radius 3 is 2.75 bits per heavy atom. The van der Waals surface area contributed by atoms with Crippen LogP contribution in [0.3, 0.4) is 0 Å². The first-order chi connectivity index (χ1) is 9.46. The minimum absolute atomic E-state index is 0.234. The highest BCUT2D eigenvalue weighted by atomic mass is 32.2. The number of hydrogen-bond donors (Lipinski definition) is 1. The second-order valence-electron chi connectivity index (χ2n) is 6.79. The van der Waals surface area contributed by atoms with Gasteiger partial charge in [-0.25, -0.2) is 8.42 Å². The molecule has 1 aliphatic carbocycles. The summed E-state index contributed by atoms with van der Waals surface area (Å²) in [7, 11) is -2.77. The highest BCUT2D eigenvalue weighted by Crippen LogP contribution is 2.38. The third kappa shape index (κ3) is 3.32. The molecule has 1 N–H and O–H groups in total. The van der Waals surface area contributed by atoms with Crippen molar-refractivity contribution >= 4 is 26.8 Å². The minimum atomic E-state index is -2.77. The van der Waals surface area contributed by atoms with Crippen LogP contribution in [-0.4, -0.2) is 42.9 Å². The lowest BCUT2D eigenvalue weighted by molar-refractivity contribution is 0.250. The summed E-state index contributed by atoms with van der Waals surface area (Å²) < 4.78 is 22.9. The van der Waals surface area contributed by atoms with Crippen LogP contribution in [0, 0.1) is 11.8 Å². The van der Waals surface area contributed by atoms with Gasteiger partial charge in [0.05, 0.1) is 11.5 Å². The second kappa shape index (κ2) is 5.52. The molecule has 3 rings (SSSR count). The molecule has 3 fully saturated rings. The zero-order valence-corrected chi connectivity index (χ0v) is 13.7. The summed E-state index contributed by atoms with van der Waals surface area (Å²) in [5.41, 5.74) is 0.276. The van der Waals surface area contributed by atoms with Gasteiger partial charge < -0.3 is 5.32 Å². The maximum absolute atomic E-state index is 11.4. The summed E-state index contributed by atoms with van der Waals surface area (Å²) in [5.74, 6) is 2.90. The van der Waals surface area contributed by atoms with Crippen LogP contribution in [0.25, 0.3) is 0 Å². The second-order valence-corrected chi connectivity index (χ2v) is 9.98. The predicted molar refractivity (Wildman–Crippen MR) is 85.0 cm³/mol. The summed E-state index contributed by atoms with van der Waals surface area (Å²) in [6.45, 7) is 3.01. The molecule has 114 valence electrons. The van der Waals surface area contributed by atoms with Gasteiger partial charge in [0.1, 0.15) is 0 Å². The van der Waals surface area contributed by atoms with Crippen molar-refractivity contribution in [2.75, 3.05) is 23.8 Å². The Bertz CT molecular complexity index is 493. The van der Waals surface area contributed by atoms with Gasteiger partial charge in [-0.1, -0.05) is 18.7 Å². The van der Waals surface area contributed by atoms with Crippen LogP contribution in [0.1, 0.15) is 39.0 Å². The normalized spacial score (nSPS) is 42.1. The van der Waals surface area contributed by atoms with Crippen LogP contribution in [-0.2, 0) is 9.84 Å². The third-order valence-electron chi connectivity index (χ3n) is 4.91. The van der Waals surface area contributed by atoms with E-state index in [1.54, 1.807) is 0 Å². The van der Waals surface area contributed by atoms with E-state index in [4.69, 9.17) is 0 Å². The number of aliphatic imine (C=N–C) groups is 1. The van der Waals surface area contributed by atoms with Crippen molar-refractivity contribution < 1.29 is 8.42 Å². The molecule has 1 spiro atoms. The molecule has 0 aromatic carbocycles. The Morgan fingerprint density at radius 1 is 1.35 bits per heavy atom. The van der Waals surface area contributed by atoms with E-state index in [2.05, 4.69) is 17.2 Å². The zero-order chi connectivity index (χ0) is 14.2. The summed E-state index contributed by atoms with van der Waals surface area (Å²) in [4.78, 5) is 4.64. The van der Waals surface area contributed by atoms with Crippen LogP contribution in [0.2, 0.25) is 0 Å². The predicted octanol–water partition coefficient (Wildman–Crippen LogP) is 2.06. The molecular formula is C14H24N2O2S2. The summed E-state index contributed by atoms with van der Waals surface area (Å²) in [6.07, 6.45) is 5.89. The van der Waals surface area contributed by atoms with E-state index in [1.807, 2.05) is 11.8 Å². The van der Waals surface area contributed by atoms with Gasteiger partial charge in [-0.2, -0.15) is 0 Å². The quantitative estimate of drug-likeness (QED) is 0.847. The monoisotopic (exact) mass is 316 g/mol. The average Bonchev–Trinajstić information content (AvgIpc) is 2.95. The van der Waals surface area contributed by atoms with E-state index >= 15 is 0 Å². The van der Waals surface area contributed by atoms with Gasteiger partial charge in [0.15, 0.2) is 15.0 Å². The summed E-state index contributed by atoms with van der Waals surface area (Å²) in [6, 6.07) is 0. The highest BCUT2D eigenvalue weighted by molar-refractivity contribution is 8.14. The van der Waals surface area contributed by atoms with E-state index in [9.17, 15) is 8.42 Å². The Kier molecular flexibility index (Phi) is 4.06. The first-order valence-corrected chi connectivity index (χ1v) is 10.4.